The number of aryl methyl sites for hydroxylation is 2. The molecule has 0 bridgehead atoms. The number of nitrogens with one attached hydrogen (secondary N) is 1. The number of rotatable bonds is 4. The maximum atomic E-state index is 12.4. The lowest BCUT2D eigenvalue weighted by molar-refractivity contribution is 0.0839. The van der Waals surface area contributed by atoms with Gasteiger partial charge in [0.15, 0.2) is 5.78 Å². The Labute approximate surface area is 103 Å². The minimum atomic E-state index is -0.332. The molecular weight excluding hydrogens is 210 g/mol. The van der Waals surface area contributed by atoms with Crippen molar-refractivity contribution < 1.29 is 4.79 Å². The second kappa shape index (κ2) is 4.61. The Hall–Kier alpha value is -1.15. The third kappa shape index (κ3) is 2.42. The summed E-state index contributed by atoms with van der Waals surface area (Å²) in [6.45, 7) is 4.71. The molecule has 2 nitrogen and oxygen atoms in total. The largest absolute Gasteiger partial charge is 0.319 e. The number of Topliss-reactive ketones (excluding diaryl/α,β-unsaturated/α-hetero) is 1. The molecule has 0 heterocycles. The van der Waals surface area contributed by atoms with Crippen LogP contribution < -0.4 is 5.32 Å². The molecule has 1 aliphatic carbocycles. The van der Waals surface area contributed by atoms with E-state index in [4.69, 9.17) is 0 Å². The first-order chi connectivity index (χ1) is 8.04. The van der Waals surface area contributed by atoms with Gasteiger partial charge in [-0.1, -0.05) is 26.0 Å². The van der Waals surface area contributed by atoms with Gasteiger partial charge in [0, 0.05) is 17.5 Å². The summed E-state index contributed by atoms with van der Waals surface area (Å²) < 4.78 is 0. The average molecular weight is 231 g/mol. The molecule has 0 unspecified atom stereocenters. The summed E-state index contributed by atoms with van der Waals surface area (Å²) in [7, 11) is 1.89. The number of fused-ring (bicyclic) bond motifs is 1. The number of hydrogen-bond donors (Lipinski definition) is 1. The summed E-state index contributed by atoms with van der Waals surface area (Å²) in [5.74, 6) is 0.238. The van der Waals surface area contributed by atoms with E-state index in [1.807, 2.05) is 27.0 Å². The SMILES string of the molecule is CNCC(C)(C)C(=O)c1ccc2c(c1)CCC2. The fraction of sp³-hybridized carbons (Fsp3) is 0.533. The minimum absolute atomic E-state index is 0.238. The third-order valence-electron chi connectivity index (χ3n) is 3.59. The Morgan fingerprint density at radius 1 is 1.29 bits per heavy atom. The summed E-state index contributed by atoms with van der Waals surface area (Å²) in [5.41, 5.74) is 3.33. The highest BCUT2D eigenvalue weighted by Gasteiger charge is 2.28. The predicted molar refractivity (Wildman–Crippen MR) is 70.5 cm³/mol. The fourth-order valence-corrected chi connectivity index (χ4v) is 2.63. The van der Waals surface area contributed by atoms with Crippen molar-refractivity contribution in [2.24, 2.45) is 5.41 Å². The standard InChI is InChI=1S/C15H21NO/c1-15(2,10-16-3)14(17)13-8-7-11-5-4-6-12(11)9-13/h7-9,16H,4-6,10H2,1-3H3. The van der Waals surface area contributed by atoms with Crippen molar-refractivity contribution >= 4 is 5.78 Å². The van der Waals surface area contributed by atoms with E-state index in [0.29, 0.717) is 6.54 Å². The van der Waals surface area contributed by atoms with Gasteiger partial charge < -0.3 is 5.32 Å². The first-order valence-electron chi connectivity index (χ1n) is 6.36. The van der Waals surface area contributed by atoms with E-state index in [1.165, 1.54) is 24.0 Å². The molecule has 17 heavy (non-hydrogen) atoms. The van der Waals surface area contributed by atoms with Crippen molar-refractivity contribution in [2.45, 2.75) is 33.1 Å². The molecule has 1 N–H and O–H groups in total. The van der Waals surface area contributed by atoms with Crippen LogP contribution in [0.2, 0.25) is 0 Å². The van der Waals surface area contributed by atoms with Crippen molar-refractivity contribution in [3.05, 3.63) is 34.9 Å². The van der Waals surface area contributed by atoms with Crippen LogP contribution in [0.3, 0.4) is 0 Å². The molecule has 0 atom stereocenters. The Kier molecular flexibility index (Phi) is 3.34. The van der Waals surface area contributed by atoms with Gasteiger partial charge in [0.25, 0.3) is 0 Å². The van der Waals surface area contributed by atoms with Crippen LogP contribution >= 0.6 is 0 Å². The third-order valence-corrected chi connectivity index (χ3v) is 3.59. The van der Waals surface area contributed by atoms with E-state index in [9.17, 15) is 4.79 Å². The number of ketones is 1. The molecule has 2 heteroatoms. The number of hydrogen-bond acceptors (Lipinski definition) is 2. The van der Waals surface area contributed by atoms with Crippen molar-refractivity contribution in [1.29, 1.82) is 0 Å². The van der Waals surface area contributed by atoms with Crippen molar-refractivity contribution in [1.82, 2.24) is 5.32 Å². The van der Waals surface area contributed by atoms with Crippen molar-refractivity contribution in [2.75, 3.05) is 13.6 Å². The lowest BCUT2D eigenvalue weighted by atomic mass is 9.83. The summed E-state index contributed by atoms with van der Waals surface area (Å²) in [4.78, 5) is 12.4. The smallest absolute Gasteiger partial charge is 0.169 e. The van der Waals surface area contributed by atoms with Crippen LogP contribution in [0, 0.1) is 5.41 Å². The van der Waals surface area contributed by atoms with E-state index in [0.717, 1.165) is 12.0 Å². The fourth-order valence-electron chi connectivity index (χ4n) is 2.63. The second-order valence-electron chi connectivity index (χ2n) is 5.58. The van der Waals surface area contributed by atoms with Gasteiger partial charge in [-0.25, -0.2) is 0 Å². The molecule has 1 aromatic rings. The Morgan fingerprint density at radius 2 is 2.00 bits per heavy atom. The van der Waals surface area contributed by atoms with Crippen LogP contribution in [0.5, 0.6) is 0 Å². The molecular formula is C15H21NO. The van der Waals surface area contributed by atoms with Gasteiger partial charge in [0.2, 0.25) is 0 Å². The summed E-state index contributed by atoms with van der Waals surface area (Å²) in [5, 5.41) is 3.09. The van der Waals surface area contributed by atoms with E-state index in [2.05, 4.69) is 17.4 Å². The zero-order valence-electron chi connectivity index (χ0n) is 11.0. The van der Waals surface area contributed by atoms with Gasteiger partial charge in [0.1, 0.15) is 0 Å². The van der Waals surface area contributed by atoms with E-state index in [-0.39, 0.29) is 11.2 Å². The number of carbonyl (C=O) groups excluding carboxylic acids is 1. The molecule has 0 radical (unpaired) electrons. The monoisotopic (exact) mass is 231 g/mol. The molecule has 1 aromatic carbocycles. The molecule has 0 saturated heterocycles. The van der Waals surface area contributed by atoms with Gasteiger partial charge in [-0.3, -0.25) is 4.79 Å². The zero-order valence-corrected chi connectivity index (χ0v) is 11.0. The first kappa shape index (κ1) is 12.3. The molecule has 1 aliphatic rings. The van der Waals surface area contributed by atoms with Gasteiger partial charge >= 0.3 is 0 Å². The molecule has 0 aliphatic heterocycles. The molecule has 0 aromatic heterocycles. The molecule has 2 rings (SSSR count). The average Bonchev–Trinajstić information content (AvgIpc) is 2.74. The van der Waals surface area contributed by atoms with Crippen molar-refractivity contribution in [3.8, 4) is 0 Å². The van der Waals surface area contributed by atoms with Gasteiger partial charge in [-0.2, -0.15) is 0 Å². The quantitative estimate of drug-likeness (QED) is 0.807. The van der Waals surface area contributed by atoms with Gasteiger partial charge in [0.05, 0.1) is 0 Å². The van der Waals surface area contributed by atoms with Crippen LogP contribution in [-0.4, -0.2) is 19.4 Å². The maximum absolute atomic E-state index is 12.4. The van der Waals surface area contributed by atoms with Gasteiger partial charge in [-0.05, 0) is 43.5 Å². The van der Waals surface area contributed by atoms with Crippen LogP contribution in [0.15, 0.2) is 18.2 Å². The minimum Gasteiger partial charge on any atom is -0.319 e. The summed E-state index contributed by atoms with van der Waals surface area (Å²) >= 11 is 0. The molecule has 0 amide bonds. The molecule has 0 saturated carbocycles. The first-order valence-corrected chi connectivity index (χ1v) is 6.36. The van der Waals surface area contributed by atoms with Gasteiger partial charge in [-0.15, -0.1) is 0 Å². The molecule has 92 valence electrons. The molecule has 0 spiro atoms. The predicted octanol–water partition coefficient (Wildman–Crippen LogP) is 2.60. The Morgan fingerprint density at radius 3 is 2.71 bits per heavy atom. The maximum Gasteiger partial charge on any atom is 0.169 e. The Bertz CT molecular complexity index is 435. The zero-order chi connectivity index (χ0) is 12.5. The van der Waals surface area contributed by atoms with E-state index < -0.39 is 0 Å². The number of carbonyl (C=O) groups is 1. The van der Waals surface area contributed by atoms with Crippen LogP contribution in [0.1, 0.15) is 41.8 Å². The summed E-state index contributed by atoms with van der Waals surface area (Å²) in [6.07, 6.45) is 3.53. The normalized spacial score (nSPS) is 14.8. The van der Waals surface area contributed by atoms with Crippen LogP contribution in [-0.2, 0) is 12.8 Å². The van der Waals surface area contributed by atoms with E-state index in [1.54, 1.807) is 0 Å². The van der Waals surface area contributed by atoms with Crippen LogP contribution in [0.25, 0.3) is 0 Å². The lowest BCUT2D eigenvalue weighted by Crippen LogP contribution is -2.34. The molecule has 0 fully saturated rings. The lowest BCUT2D eigenvalue weighted by Gasteiger charge is -2.23. The highest BCUT2D eigenvalue weighted by molar-refractivity contribution is 6.00. The Balaban J connectivity index is 2.26. The summed E-state index contributed by atoms with van der Waals surface area (Å²) in [6, 6.07) is 6.22. The topological polar surface area (TPSA) is 29.1 Å². The second-order valence-corrected chi connectivity index (χ2v) is 5.58. The highest BCUT2D eigenvalue weighted by atomic mass is 16.1. The van der Waals surface area contributed by atoms with Crippen molar-refractivity contribution in [3.63, 3.8) is 0 Å². The number of benzene rings is 1. The highest BCUT2D eigenvalue weighted by Crippen LogP contribution is 2.26. The van der Waals surface area contributed by atoms with E-state index >= 15 is 0 Å². The van der Waals surface area contributed by atoms with Crippen LogP contribution in [0.4, 0.5) is 0 Å².